The summed E-state index contributed by atoms with van der Waals surface area (Å²) in [4.78, 5) is 11.9. The van der Waals surface area contributed by atoms with E-state index in [-0.39, 0.29) is 11.9 Å². The molecule has 1 saturated carbocycles. The number of benzene rings is 1. The lowest BCUT2D eigenvalue weighted by Crippen LogP contribution is -2.30. The quantitative estimate of drug-likeness (QED) is 0.800. The smallest absolute Gasteiger partial charge is 0.163 e. The molecule has 2 heteroatoms. The van der Waals surface area contributed by atoms with E-state index in [9.17, 15) is 4.79 Å². The van der Waals surface area contributed by atoms with Gasteiger partial charge in [-0.2, -0.15) is 0 Å². The Kier molecular flexibility index (Phi) is 3.67. The zero-order valence-corrected chi connectivity index (χ0v) is 11.2. The molecule has 1 aromatic carbocycles. The molecule has 0 saturated heterocycles. The molecule has 1 aromatic rings. The molecule has 0 radical (unpaired) electrons. The monoisotopic (exact) mass is 256 g/mol. The number of ketones is 1. The van der Waals surface area contributed by atoms with Gasteiger partial charge >= 0.3 is 0 Å². The Bertz CT molecular complexity index is 469. The van der Waals surface area contributed by atoms with Gasteiger partial charge in [0.05, 0.1) is 0 Å². The second kappa shape index (κ2) is 5.60. The van der Waals surface area contributed by atoms with Crippen molar-refractivity contribution in [3.63, 3.8) is 0 Å². The molecule has 1 aliphatic heterocycles. The second-order valence-electron chi connectivity index (χ2n) is 5.60. The molecule has 0 amide bonds. The van der Waals surface area contributed by atoms with Gasteiger partial charge in [-0.05, 0) is 18.8 Å². The lowest BCUT2D eigenvalue weighted by atomic mass is 9.82. The average molecular weight is 256 g/mol. The van der Waals surface area contributed by atoms with Crippen LogP contribution in [-0.4, -0.2) is 11.9 Å². The van der Waals surface area contributed by atoms with Crippen LogP contribution in [0.4, 0.5) is 0 Å². The molecule has 1 unspecified atom stereocenters. The van der Waals surface area contributed by atoms with Crippen LogP contribution in [0.15, 0.2) is 36.4 Å². The Morgan fingerprint density at radius 1 is 1.00 bits per heavy atom. The van der Waals surface area contributed by atoms with Crippen molar-refractivity contribution in [3.8, 4) is 0 Å². The van der Waals surface area contributed by atoms with E-state index < -0.39 is 0 Å². The van der Waals surface area contributed by atoms with Crippen LogP contribution in [0, 0.1) is 5.92 Å². The third-order valence-electron chi connectivity index (χ3n) is 4.21. The number of ether oxygens (including phenoxy) is 1. The van der Waals surface area contributed by atoms with Gasteiger partial charge in [0.25, 0.3) is 0 Å². The van der Waals surface area contributed by atoms with Gasteiger partial charge in [0.2, 0.25) is 0 Å². The van der Waals surface area contributed by atoms with E-state index >= 15 is 0 Å². The highest BCUT2D eigenvalue weighted by molar-refractivity contribution is 5.97. The summed E-state index contributed by atoms with van der Waals surface area (Å²) in [6, 6.07) is 9.94. The van der Waals surface area contributed by atoms with Gasteiger partial charge in [0, 0.05) is 18.1 Å². The Hall–Kier alpha value is -1.57. The molecule has 1 heterocycles. The summed E-state index contributed by atoms with van der Waals surface area (Å²) >= 11 is 0. The standard InChI is InChI=1S/C17H20O2/c18-15-11-16(13-7-3-1-4-8-13)19-17(12-15)14-9-5-2-6-10-14/h1,3-4,7-8,11,14,17H,2,5-6,9-10,12H2. The van der Waals surface area contributed by atoms with Crippen molar-refractivity contribution in [1.29, 1.82) is 0 Å². The predicted octanol–water partition coefficient (Wildman–Crippen LogP) is 3.97. The number of hydrogen-bond acceptors (Lipinski definition) is 2. The maximum atomic E-state index is 11.9. The van der Waals surface area contributed by atoms with Gasteiger partial charge in [-0.3, -0.25) is 4.79 Å². The number of rotatable bonds is 2. The van der Waals surface area contributed by atoms with Gasteiger partial charge < -0.3 is 4.74 Å². The Morgan fingerprint density at radius 3 is 2.47 bits per heavy atom. The van der Waals surface area contributed by atoms with Crippen molar-refractivity contribution in [2.24, 2.45) is 5.92 Å². The van der Waals surface area contributed by atoms with Crippen molar-refractivity contribution in [1.82, 2.24) is 0 Å². The van der Waals surface area contributed by atoms with Crippen LogP contribution in [0.25, 0.3) is 5.76 Å². The van der Waals surface area contributed by atoms with Crippen LogP contribution in [0.2, 0.25) is 0 Å². The molecule has 0 N–H and O–H groups in total. The molecule has 19 heavy (non-hydrogen) atoms. The molecule has 3 rings (SSSR count). The first-order chi connectivity index (χ1) is 9.33. The number of hydrogen-bond donors (Lipinski definition) is 0. The van der Waals surface area contributed by atoms with Crippen LogP contribution in [0.1, 0.15) is 44.1 Å². The lowest BCUT2D eigenvalue weighted by Gasteiger charge is -2.33. The molecule has 1 atom stereocenters. The number of carbonyl (C=O) groups excluding carboxylic acids is 1. The molecular formula is C17H20O2. The van der Waals surface area contributed by atoms with Gasteiger partial charge in [-0.1, -0.05) is 49.6 Å². The zero-order valence-electron chi connectivity index (χ0n) is 11.2. The maximum Gasteiger partial charge on any atom is 0.163 e. The molecule has 0 spiro atoms. The first-order valence-corrected chi connectivity index (χ1v) is 7.29. The number of carbonyl (C=O) groups is 1. The van der Waals surface area contributed by atoms with Crippen LogP contribution in [0.5, 0.6) is 0 Å². The van der Waals surface area contributed by atoms with Gasteiger partial charge in [-0.15, -0.1) is 0 Å². The minimum atomic E-state index is 0.0907. The molecule has 2 nitrogen and oxygen atoms in total. The Balaban J connectivity index is 1.77. The number of allylic oxidation sites excluding steroid dienone is 1. The Morgan fingerprint density at radius 2 is 1.74 bits per heavy atom. The average Bonchev–Trinajstić information content (AvgIpc) is 2.48. The lowest BCUT2D eigenvalue weighted by molar-refractivity contribution is -0.118. The van der Waals surface area contributed by atoms with E-state index in [1.165, 1.54) is 32.1 Å². The molecule has 0 aromatic heterocycles. The van der Waals surface area contributed by atoms with Crippen molar-refractivity contribution < 1.29 is 9.53 Å². The first kappa shape index (κ1) is 12.5. The zero-order chi connectivity index (χ0) is 13.1. The Labute approximate surface area is 114 Å². The molecule has 1 aliphatic carbocycles. The summed E-state index contributed by atoms with van der Waals surface area (Å²) in [7, 11) is 0. The van der Waals surface area contributed by atoms with E-state index in [4.69, 9.17) is 4.74 Å². The van der Waals surface area contributed by atoms with Crippen LogP contribution < -0.4 is 0 Å². The normalized spacial score (nSPS) is 24.7. The van der Waals surface area contributed by atoms with Crippen molar-refractivity contribution in [2.45, 2.75) is 44.6 Å². The van der Waals surface area contributed by atoms with E-state index in [1.54, 1.807) is 6.08 Å². The largest absolute Gasteiger partial charge is 0.489 e. The fourth-order valence-electron chi connectivity index (χ4n) is 3.16. The highest BCUT2D eigenvalue weighted by Crippen LogP contribution is 2.34. The van der Waals surface area contributed by atoms with E-state index in [1.807, 2.05) is 30.3 Å². The SMILES string of the molecule is O=C1C=C(c2ccccc2)OC(C2CCCCC2)C1. The van der Waals surface area contributed by atoms with Crippen molar-refractivity contribution >= 4 is 11.5 Å². The summed E-state index contributed by atoms with van der Waals surface area (Å²) in [5, 5.41) is 0. The molecule has 100 valence electrons. The van der Waals surface area contributed by atoms with Gasteiger partial charge in [0.15, 0.2) is 5.78 Å². The van der Waals surface area contributed by atoms with E-state index in [0.29, 0.717) is 12.3 Å². The summed E-state index contributed by atoms with van der Waals surface area (Å²) in [6.07, 6.45) is 8.62. The summed E-state index contributed by atoms with van der Waals surface area (Å²) < 4.78 is 6.12. The molecule has 2 aliphatic rings. The van der Waals surface area contributed by atoms with E-state index in [2.05, 4.69) is 0 Å². The third kappa shape index (κ3) is 2.89. The van der Waals surface area contributed by atoms with Gasteiger partial charge in [0.1, 0.15) is 11.9 Å². The highest BCUT2D eigenvalue weighted by atomic mass is 16.5. The minimum Gasteiger partial charge on any atom is -0.489 e. The molecule has 0 bridgehead atoms. The van der Waals surface area contributed by atoms with Crippen LogP contribution >= 0.6 is 0 Å². The van der Waals surface area contributed by atoms with Gasteiger partial charge in [-0.25, -0.2) is 0 Å². The fourth-order valence-corrected chi connectivity index (χ4v) is 3.16. The molecule has 1 fully saturated rings. The van der Waals surface area contributed by atoms with Crippen molar-refractivity contribution in [2.75, 3.05) is 0 Å². The summed E-state index contributed by atoms with van der Waals surface area (Å²) in [5.41, 5.74) is 1.01. The van der Waals surface area contributed by atoms with Crippen molar-refractivity contribution in [3.05, 3.63) is 42.0 Å². The second-order valence-corrected chi connectivity index (χ2v) is 5.60. The highest BCUT2D eigenvalue weighted by Gasteiger charge is 2.30. The first-order valence-electron chi connectivity index (χ1n) is 7.29. The fraction of sp³-hybridized carbons (Fsp3) is 0.471. The predicted molar refractivity (Wildman–Crippen MR) is 75.5 cm³/mol. The summed E-state index contributed by atoms with van der Waals surface area (Å²) in [5.74, 6) is 1.53. The third-order valence-corrected chi connectivity index (χ3v) is 4.21. The van der Waals surface area contributed by atoms with Crippen LogP contribution in [-0.2, 0) is 9.53 Å². The molecular weight excluding hydrogens is 236 g/mol. The van der Waals surface area contributed by atoms with E-state index in [0.717, 1.165) is 11.3 Å². The summed E-state index contributed by atoms with van der Waals surface area (Å²) in [6.45, 7) is 0. The topological polar surface area (TPSA) is 26.3 Å². The minimum absolute atomic E-state index is 0.0907. The maximum absolute atomic E-state index is 11.9. The van der Waals surface area contributed by atoms with Crippen LogP contribution in [0.3, 0.4) is 0 Å².